The lowest BCUT2D eigenvalue weighted by Crippen LogP contribution is -2.45. The summed E-state index contributed by atoms with van der Waals surface area (Å²) >= 11 is 0. The molecule has 0 spiro atoms. The van der Waals surface area contributed by atoms with Crippen molar-refractivity contribution >= 4 is 5.91 Å². The minimum absolute atomic E-state index is 0.0939. The molecule has 3 N–H and O–H groups in total. The number of amides is 1. The second-order valence-corrected chi connectivity index (χ2v) is 4.81. The highest BCUT2D eigenvalue weighted by molar-refractivity contribution is 5.97. The molecule has 1 aliphatic carbocycles. The van der Waals surface area contributed by atoms with Crippen LogP contribution in [0.5, 0.6) is 11.5 Å². The number of benzene rings is 1. The quantitative estimate of drug-likeness (QED) is 0.772. The van der Waals surface area contributed by atoms with Gasteiger partial charge in [-0.1, -0.05) is 12.8 Å². The SMILES string of the molecule is COc1ccc(O)c(C(=O)N[C@@H]2CCCC[C@H]2O)c1. The molecule has 0 aromatic heterocycles. The number of phenolic OH excluding ortho intramolecular Hbond substituents is 1. The van der Waals surface area contributed by atoms with Gasteiger partial charge in [-0.05, 0) is 31.0 Å². The maximum Gasteiger partial charge on any atom is 0.255 e. The van der Waals surface area contributed by atoms with Gasteiger partial charge in [-0.2, -0.15) is 0 Å². The Hall–Kier alpha value is -1.75. The third-order valence-electron chi connectivity index (χ3n) is 3.49. The number of phenols is 1. The third-order valence-corrected chi connectivity index (χ3v) is 3.49. The highest BCUT2D eigenvalue weighted by Gasteiger charge is 2.25. The molecule has 19 heavy (non-hydrogen) atoms. The van der Waals surface area contributed by atoms with Crippen molar-refractivity contribution in [1.82, 2.24) is 5.32 Å². The van der Waals surface area contributed by atoms with E-state index in [2.05, 4.69) is 5.32 Å². The number of aliphatic hydroxyl groups is 1. The van der Waals surface area contributed by atoms with Gasteiger partial charge >= 0.3 is 0 Å². The molecule has 2 atom stereocenters. The first-order chi connectivity index (χ1) is 9.11. The molecule has 5 heteroatoms. The van der Waals surface area contributed by atoms with Crippen LogP contribution in [0.1, 0.15) is 36.0 Å². The second-order valence-electron chi connectivity index (χ2n) is 4.81. The number of rotatable bonds is 3. The first-order valence-electron chi connectivity index (χ1n) is 6.47. The summed E-state index contributed by atoms with van der Waals surface area (Å²) < 4.78 is 5.03. The summed E-state index contributed by atoms with van der Waals surface area (Å²) in [6, 6.07) is 4.25. The van der Waals surface area contributed by atoms with Crippen LogP contribution in [0.4, 0.5) is 0 Å². The van der Waals surface area contributed by atoms with Crippen LogP contribution in [0.15, 0.2) is 18.2 Å². The van der Waals surface area contributed by atoms with Crippen LogP contribution in [-0.4, -0.2) is 35.4 Å². The van der Waals surface area contributed by atoms with Crippen molar-refractivity contribution in [2.45, 2.75) is 37.8 Å². The van der Waals surface area contributed by atoms with Gasteiger partial charge in [0.1, 0.15) is 11.5 Å². The topological polar surface area (TPSA) is 78.8 Å². The minimum atomic E-state index is -0.509. The van der Waals surface area contributed by atoms with Crippen LogP contribution in [0.3, 0.4) is 0 Å². The number of hydrogen-bond donors (Lipinski definition) is 3. The van der Waals surface area contributed by atoms with Gasteiger partial charge in [-0.15, -0.1) is 0 Å². The fraction of sp³-hybridized carbons (Fsp3) is 0.500. The molecule has 104 valence electrons. The van der Waals surface area contributed by atoms with Crippen molar-refractivity contribution in [3.05, 3.63) is 23.8 Å². The zero-order valence-corrected chi connectivity index (χ0v) is 10.9. The smallest absolute Gasteiger partial charge is 0.255 e. The zero-order chi connectivity index (χ0) is 13.8. The fourth-order valence-corrected chi connectivity index (χ4v) is 2.35. The summed E-state index contributed by atoms with van der Waals surface area (Å²) in [6.07, 6.45) is 2.93. The number of carbonyl (C=O) groups excluding carboxylic acids is 1. The summed E-state index contributed by atoms with van der Waals surface area (Å²) in [5, 5.41) is 22.3. The van der Waals surface area contributed by atoms with E-state index in [1.807, 2.05) is 0 Å². The standard InChI is InChI=1S/C14H19NO4/c1-19-9-6-7-12(16)10(8-9)14(18)15-11-4-2-3-5-13(11)17/h6-8,11,13,16-17H,2-5H2,1H3,(H,15,18)/t11-,13-/m1/s1. The average molecular weight is 265 g/mol. The Morgan fingerprint density at radius 1 is 1.37 bits per heavy atom. The van der Waals surface area contributed by atoms with Gasteiger partial charge in [0, 0.05) is 0 Å². The van der Waals surface area contributed by atoms with E-state index in [4.69, 9.17) is 4.74 Å². The lowest BCUT2D eigenvalue weighted by Gasteiger charge is -2.28. The van der Waals surface area contributed by atoms with Crippen LogP contribution < -0.4 is 10.1 Å². The average Bonchev–Trinajstić information content (AvgIpc) is 2.42. The number of aliphatic hydroxyl groups excluding tert-OH is 1. The molecule has 2 rings (SSSR count). The zero-order valence-electron chi connectivity index (χ0n) is 10.9. The van der Waals surface area contributed by atoms with Crippen molar-refractivity contribution in [1.29, 1.82) is 0 Å². The molecular formula is C14H19NO4. The van der Waals surface area contributed by atoms with E-state index in [9.17, 15) is 15.0 Å². The largest absolute Gasteiger partial charge is 0.507 e. The number of ether oxygens (including phenoxy) is 1. The molecule has 0 saturated heterocycles. The second kappa shape index (κ2) is 5.93. The van der Waals surface area contributed by atoms with Crippen molar-refractivity contribution in [2.75, 3.05) is 7.11 Å². The maximum absolute atomic E-state index is 12.1. The van der Waals surface area contributed by atoms with Gasteiger partial charge in [0.25, 0.3) is 5.91 Å². The summed E-state index contributed by atoms with van der Waals surface area (Å²) in [5.41, 5.74) is 0.164. The third kappa shape index (κ3) is 3.17. The van der Waals surface area contributed by atoms with Crippen LogP contribution >= 0.6 is 0 Å². The lowest BCUT2D eigenvalue weighted by atomic mass is 9.92. The van der Waals surface area contributed by atoms with E-state index >= 15 is 0 Å². The van der Waals surface area contributed by atoms with Crippen molar-refractivity contribution in [3.63, 3.8) is 0 Å². The Bertz CT molecular complexity index is 461. The van der Waals surface area contributed by atoms with E-state index in [1.165, 1.54) is 19.2 Å². The molecule has 0 heterocycles. The normalized spacial score (nSPS) is 22.8. The molecule has 1 aromatic rings. The van der Waals surface area contributed by atoms with Crippen LogP contribution in [0, 0.1) is 0 Å². The first-order valence-corrected chi connectivity index (χ1v) is 6.47. The van der Waals surface area contributed by atoms with E-state index in [1.54, 1.807) is 6.07 Å². The molecule has 0 unspecified atom stereocenters. The molecule has 0 radical (unpaired) electrons. The van der Waals surface area contributed by atoms with Crippen molar-refractivity contribution in [3.8, 4) is 11.5 Å². The molecule has 5 nitrogen and oxygen atoms in total. The molecular weight excluding hydrogens is 246 g/mol. The summed E-state index contributed by atoms with van der Waals surface area (Å²) in [4.78, 5) is 12.1. The minimum Gasteiger partial charge on any atom is -0.507 e. The van der Waals surface area contributed by atoms with E-state index in [0.717, 1.165) is 19.3 Å². The summed E-state index contributed by atoms with van der Waals surface area (Å²) in [7, 11) is 1.50. The van der Waals surface area contributed by atoms with Gasteiger partial charge < -0.3 is 20.3 Å². The number of hydrogen-bond acceptors (Lipinski definition) is 4. The Kier molecular flexibility index (Phi) is 4.27. The number of carbonyl (C=O) groups is 1. The highest BCUT2D eigenvalue weighted by Crippen LogP contribution is 2.24. The van der Waals surface area contributed by atoms with Crippen molar-refractivity contribution < 1.29 is 19.7 Å². The van der Waals surface area contributed by atoms with E-state index < -0.39 is 6.10 Å². The first kappa shape index (κ1) is 13.7. The van der Waals surface area contributed by atoms with Crippen LogP contribution in [0.25, 0.3) is 0 Å². The summed E-state index contributed by atoms with van der Waals surface area (Å²) in [6.45, 7) is 0. The molecule has 0 aliphatic heterocycles. The molecule has 1 aromatic carbocycles. The van der Waals surface area contributed by atoms with E-state index in [0.29, 0.717) is 12.2 Å². The number of aromatic hydroxyl groups is 1. The fourth-order valence-electron chi connectivity index (χ4n) is 2.35. The van der Waals surface area contributed by atoms with Crippen LogP contribution in [-0.2, 0) is 0 Å². The van der Waals surface area contributed by atoms with Crippen molar-refractivity contribution in [2.24, 2.45) is 0 Å². The predicted octanol–water partition coefficient (Wildman–Crippen LogP) is 1.43. The van der Waals surface area contributed by atoms with Gasteiger partial charge in [-0.25, -0.2) is 0 Å². The molecule has 1 fully saturated rings. The monoisotopic (exact) mass is 265 g/mol. The molecule has 1 amide bonds. The molecule has 1 saturated carbocycles. The maximum atomic E-state index is 12.1. The van der Waals surface area contributed by atoms with E-state index in [-0.39, 0.29) is 23.3 Å². The molecule has 1 aliphatic rings. The van der Waals surface area contributed by atoms with Gasteiger partial charge in [0.2, 0.25) is 0 Å². The Morgan fingerprint density at radius 2 is 2.11 bits per heavy atom. The number of nitrogens with one attached hydrogen (secondary N) is 1. The van der Waals surface area contributed by atoms with Gasteiger partial charge in [0.05, 0.1) is 24.8 Å². The van der Waals surface area contributed by atoms with Gasteiger partial charge in [0.15, 0.2) is 0 Å². The summed E-state index contributed by atoms with van der Waals surface area (Å²) in [5.74, 6) is 0.0260. The predicted molar refractivity (Wildman–Crippen MR) is 70.4 cm³/mol. The lowest BCUT2D eigenvalue weighted by molar-refractivity contribution is 0.0715. The van der Waals surface area contributed by atoms with Crippen LogP contribution in [0.2, 0.25) is 0 Å². The Balaban J connectivity index is 2.10. The molecule has 0 bridgehead atoms. The Morgan fingerprint density at radius 3 is 2.79 bits per heavy atom. The van der Waals surface area contributed by atoms with Gasteiger partial charge in [-0.3, -0.25) is 4.79 Å². The highest BCUT2D eigenvalue weighted by atomic mass is 16.5. The Labute approximate surface area is 112 Å². The number of methoxy groups -OCH3 is 1.